The van der Waals surface area contributed by atoms with Crippen LogP contribution in [0.2, 0.25) is 0 Å². The van der Waals surface area contributed by atoms with Gasteiger partial charge in [-0.05, 0) is 50.4 Å². The summed E-state index contributed by atoms with van der Waals surface area (Å²) in [6.45, 7) is 4.34. The molecule has 3 aliphatic rings. The summed E-state index contributed by atoms with van der Waals surface area (Å²) in [5, 5.41) is 0. The lowest BCUT2D eigenvalue weighted by Crippen LogP contribution is -2.60. The Bertz CT molecular complexity index is 905. The van der Waals surface area contributed by atoms with Gasteiger partial charge in [-0.2, -0.15) is 0 Å². The standard InChI is InChI=1S/C26H30O5P2/c1-32-23-19-17-13-14-18(29-17)20(19)24(33-2)22(31-26(28)16-11-7-4-8-12-16)21(23)30-25(27)15-9-5-3-6-10-15/h3-12,17-24,32-33H,13-14H2,1-2H3. The number of hydrogen-bond acceptors (Lipinski definition) is 5. The van der Waals surface area contributed by atoms with E-state index >= 15 is 0 Å². The minimum Gasteiger partial charge on any atom is -0.454 e. The smallest absolute Gasteiger partial charge is 0.338 e. The molecule has 0 N–H and O–H groups in total. The third-order valence-corrected chi connectivity index (χ3v) is 10.2. The van der Waals surface area contributed by atoms with Gasteiger partial charge in [0.15, 0.2) is 0 Å². The molecule has 10 unspecified atom stereocenters. The van der Waals surface area contributed by atoms with Crippen molar-refractivity contribution >= 4 is 29.1 Å². The van der Waals surface area contributed by atoms with E-state index in [4.69, 9.17) is 14.2 Å². The lowest BCUT2D eigenvalue weighted by Gasteiger charge is -2.50. The van der Waals surface area contributed by atoms with Crippen LogP contribution in [0.3, 0.4) is 0 Å². The van der Waals surface area contributed by atoms with Crippen molar-refractivity contribution in [2.75, 3.05) is 13.3 Å². The molecule has 5 rings (SSSR count). The predicted octanol–water partition coefficient (Wildman–Crippen LogP) is 4.60. The lowest BCUT2D eigenvalue weighted by atomic mass is 9.68. The third-order valence-electron chi connectivity index (χ3n) is 7.42. The second-order valence-corrected chi connectivity index (χ2v) is 11.5. The number of carbonyl (C=O) groups is 2. The number of ether oxygens (including phenoxy) is 3. The van der Waals surface area contributed by atoms with Gasteiger partial charge in [-0.15, -0.1) is 17.2 Å². The van der Waals surface area contributed by atoms with E-state index in [1.165, 1.54) is 0 Å². The maximum Gasteiger partial charge on any atom is 0.338 e. The largest absolute Gasteiger partial charge is 0.454 e. The molecule has 5 nitrogen and oxygen atoms in total. The first-order valence-corrected chi connectivity index (χ1v) is 14.8. The van der Waals surface area contributed by atoms with E-state index in [0.717, 1.165) is 12.8 Å². The quantitative estimate of drug-likeness (QED) is 0.443. The maximum absolute atomic E-state index is 13.1. The Labute approximate surface area is 198 Å². The maximum atomic E-state index is 13.1. The molecule has 3 fully saturated rings. The van der Waals surface area contributed by atoms with Crippen LogP contribution in [0.5, 0.6) is 0 Å². The molecule has 2 saturated heterocycles. The van der Waals surface area contributed by atoms with E-state index in [2.05, 4.69) is 13.3 Å². The van der Waals surface area contributed by atoms with E-state index in [1.54, 1.807) is 24.3 Å². The fourth-order valence-corrected chi connectivity index (χ4v) is 8.88. The van der Waals surface area contributed by atoms with Gasteiger partial charge in [0.25, 0.3) is 0 Å². The molecule has 0 amide bonds. The molecular weight excluding hydrogens is 454 g/mol. The highest BCUT2D eigenvalue weighted by Crippen LogP contribution is 2.58. The van der Waals surface area contributed by atoms with Gasteiger partial charge in [0, 0.05) is 23.2 Å². The fourth-order valence-electron chi connectivity index (χ4n) is 6.07. The summed E-state index contributed by atoms with van der Waals surface area (Å²) in [5.74, 6) is -0.00906. The van der Waals surface area contributed by atoms with Crippen molar-refractivity contribution in [2.24, 2.45) is 11.8 Å². The topological polar surface area (TPSA) is 61.8 Å². The minimum atomic E-state index is -0.477. The third kappa shape index (κ3) is 4.25. The second-order valence-electron chi connectivity index (χ2n) is 9.05. The van der Waals surface area contributed by atoms with Gasteiger partial charge in [0.05, 0.1) is 23.3 Å². The van der Waals surface area contributed by atoms with Crippen molar-refractivity contribution in [3.63, 3.8) is 0 Å². The molecule has 0 radical (unpaired) electrons. The molecule has 1 aliphatic carbocycles. The normalized spacial score (nSPS) is 35.2. The highest BCUT2D eigenvalue weighted by molar-refractivity contribution is 7.38. The van der Waals surface area contributed by atoms with Crippen molar-refractivity contribution in [1.29, 1.82) is 0 Å². The van der Waals surface area contributed by atoms with Crippen molar-refractivity contribution in [3.05, 3.63) is 71.8 Å². The van der Waals surface area contributed by atoms with Crippen LogP contribution in [0.15, 0.2) is 60.7 Å². The zero-order chi connectivity index (χ0) is 22.9. The van der Waals surface area contributed by atoms with Crippen LogP contribution in [-0.4, -0.2) is 61.0 Å². The molecule has 174 valence electrons. The first kappa shape index (κ1) is 23.0. The van der Waals surface area contributed by atoms with Crippen LogP contribution in [0.1, 0.15) is 33.6 Å². The zero-order valence-corrected chi connectivity index (χ0v) is 20.8. The van der Waals surface area contributed by atoms with Crippen LogP contribution < -0.4 is 0 Å². The predicted molar refractivity (Wildman–Crippen MR) is 132 cm³/mol. The van der Waals surface area contributed by atoms with Gasteiger partial charge >= 0.3 is 11.9 Å². The Morgan fingerprint density at radius 1 is 0.727 bits per heavy atom. The molecule has 2 aliphatic heterocycles. The van der Waals surface area contributed by atoms with Crippen LogP contribution in [0, 0.1) is 11.8 Å². The summed E-state index contributed by atoms with van der Waals surface area (Å²) in [7, 11) is 1.12. The minimum absolute atomic E-state index is 0.124. The summed E-state index contributed by atoms with van der Waals surface area (Å²) < 4.78 is 18.8. The van der Waals surface area contributed by atoms with Gasteiger partial charge in [-0.1, -0.05) is 36.4 Å². The molecule has 2 bridgehead atoms. The van der Waals surface area contributed by atoms with Crippen LogP contribution in [0.4, 0.5) is 0 Å². The molecule has 0 aromatic heterocycles. The van der Waals surface area contributed by atoms with Gasteiger partial charge in [-0.3, -0.25) is 0 Å². The Morgan fingerprint density at radius 3 is 1.48 bits per heavy atom. The average Bonchev–Trinajstić information content (AvgIpc) is 3.48. The lowest BCUT2D eigenvalue weighted by molar-refractivity contribution is -0.0693. The van der Waals surface area contributed by atoms with Crippen molar-refractivity contribution in [3.8, 4) is 0 Å². The van der Waals surface area contributed by atoms with Gasteiger partial charge in [-0.25, -0.2) is 9.59 Å². The van der Waals surface area contributed by atoms with Crippen molar-refractivity contribution in [1.82, 2.24) is 0 Å². The van der Waals surface area contributed by atoms with E-state index in [-0.39, 0.29) is 35.5 Å². The number of esters is 2. The van der Waals surface area contributed by atoms with Crippen molar-refractivity contribution in [2.45, 2.75) is 48.6 Å². The number of rotatable bonds is 6. The number of hydrogen-bond donors (Lipinski definition) is 0. The van der Waals surface area contributed by atoms with Gasteiger partial charge < -0.3 is 14.2 Å². The fraction of sp³-hybridized carbons (Fsp3) is 0.462. The van der Waals surface area contributed by atoms with Crippen LogP contribution in [0.25, 0.3) is 0 Å². The molecule has 2 aromatic rings. The summed E-state index contributed by atoms with van der Waals surface area (Å²) in [6.07, 6.45) is 1.63. The molecule has 10 atom stereocenters. The zero-order valence-electron chi connectivity index (χ0n) is 18.8. The molecule has 33 heavy (non-hydrogen) atoms. The van der Waals surface area contributed by atoms with Crippen LogP contribution >= 0.6 is 17.2 Å². The van der Waals surface area contributed by atoms with E-state index < -0.39 is 12.2 Å². The highest BCUT2D eigenvalue weighted by atomic mass is 31.1. The molecule has 2 heterocycles. The Kier molecular flexibility index (Phi) is 6.84. The van der Waals surface area contributed by atoms with Crippen LogP contribution in [-0.2, 0) is 14.2 Å². The van der Waals surface area contributed by atoms with E-state index in [9.17, 15) is 9.59 Å². The van der Waals surface area contributed by atoms with Crippen molar-refractivity contribution < 1.29 is 23.8 Å². The van der Waals surface area contributed by atoms with E-state index in [1.807, 2.05) is 36.4 Å². The second kappa shape index (κ2) is 9.82. The monoisotopic (exact) mass is 484 g/mol. The first-order chi connectivity index (χ1) is 16.1. The summed E-state index contributed by atoms with van der Waals surface area (Å²) in [4.78, 5) is 26.3. The number of fused-ring (bicyclic) bond motifs is 5. The molecule has 1 saturated carbocycles. The molecule has 0 spiro atoms. The average molecular weight is 484 g/mol. The molecule has 7 heteroatoms. The van der Waals surface area contributed by atoms with Gasteiger partial charge in [0.1, 0.15) is 12.2 Å². The summed E-state index contributed by atoms with van der Waals surface area (Å²) >= 11 is 0. The SMILES string of the molecule is CPC1C(OC(=O)c2ccccc2)C(OC(=O)c2ccccc2)C(PC)C2C3CCC(O3)C12. The molecule has 2 aromatic carbocycles. The van der Waals surface area contributed by atoms with Gasteiger partial charge in [0.2, 0.25) is 0 Å². The summed E-state index contributed by atoms with van der Waals surface area (Å²) in [6, 6.07) is 18.2. The Morgan fingerprint density at radius 2 is 1.12 bits per heavy atom. The first-order valence-electron chi connectivity index (χ1n) is 11.6. The number of benzene rings is 2. The van der Waals surface area contributed by atoms with E-state index in [0.29, 0.717) is 40.1 Å². The molecular formula is C26H30O5P2. The highest BCUT2D eigenvalue weighted by Gasteiger charge is 2.62. The summed E-state index contributed by atoms with van der Waals surface area (Å²) in [5.41, 5.74) is 1.29. The number of carbonyl (C=O) groups excluding carboxylic acids is 2. The Hall–Kier alpha value is -1.80. The Balaban J connectivity index is 1.49.